The van der Waals surface area contributed by atoms with E-state index in [1.807, 2.05) is 34.6 Å². The highest BCUT2D eigenvalue weighted by Crippen LogP contribution is 2.28. The molecule has 1 amide bonds. The maximum atomic E-state index is 12.2. The predicted octanol–water partition coefficient (Wildman–Crippen LogP) is 4.21. The van der Waals surface area contributed by atoms with Crippen LogP contribution < -0.4 is 0 Å². The Kier molecular flexibility index (Phi) is 6.98. The summed E-state index contributed by atoms with van der Waals surface area (Å²) in [6, 6.07) is 0. The van der Waals surface area contributed by atoms with Gasteiger partial charge in [-0.15, -0.1) is 0 Å². The first-order valence-corrected chi connectivity index (χ1v) is 8.99. The van der Waals surface area contributed by atoms with Gasteiger partial charge in [0, 0.05) is 11.9 Å². The fourth-order valence-corrected chi connectivity index (χ4v) is 2.48. The average Bonchev–Trinajstić information content (AvgIpc) is 2.32. The van der Waals surface area contributed by atoms with Crippen LogP contribution in [0.4, 0.5) is 4.79 Å². The van der Waals surface area contributed by atoms with Crippen molar-refractivity contribution in [1.82, 2.24) is 4.90 Å². The van der Waals surface area contributed by atoms with Gasteiger partial charge >= 0.3 is 6.09 Å². The zero-order valence-electron chi connectivity index (χ0n) is 14.1. The molecule has 0 aromatic rings. The van der Waals surface area contributed by atoms with Crippen LogP contribution in [-0.4, -0.2) is 47.2 Å². The minimum atomic E-state index is -0.470. The van der Waals surface area contributed by atoms with E-state index in [4.69, 9.17) is 9.47 Å². The van der Waals surface area contributed by atoms with Crippen molar-refractivity contribution < 1.29 is 14.3 Å². The molecule has 1 atom stereocenters. The summed E-state index contributed by atoms with van der Waals surface area (Å²) in [4.78, 5) is 13.9. The Hall–Kier alpha value is -0.290. The summed E-state index contributed by atoms with van der Waals surface area (Å²) in [5, 5.41) is 0.700. The fourth-order valence-electron chi connectivity index (χ4n) is 2.14. The van der Waals surface area contributed by atoms with Crippen molar-refractivity contribution >= 4 is 22.0 Å². The van der Waals surface area contributed by atoms with E-state index >= 15 is 0 Å². The molecule has 4 nitrogen and oxygen atoms in total. The Morgan fingerprint density at radius 2 is 1.90 bits per heavy atom. The minimum absolute atomic E-state index is 0.274. The zero-order valence-corrected chi connectivity index (χ0v) is 15.7. The van der Waals surface area contributed by atoms with Crippen LogP contribution in [-0.2, 0) is 9.47 Å². The van der Waals surface area contributed by atoms with Crippen LogP contribution in [0.1, 0.15) is 53.9 Å². The normalized spacial score (nSPS) is 18.8. The number of ether oxygens (including phenoxy) is 2. The maximum Gasteiger partial charge on any atom is 0.410 e. The second kappa shape index (κ2) is 7.82. The molecule has 1 aliphatic carbocycles. The molecule has 0 N–H and O–H groups in total. The molecule has 1 unspecified atom stereocenters. The molecule has 0 heterocycles. The van der Waals surface area contributed by atoms with Crippen molar-refractivity contribution in [2.45, 2.75) is 65.1 Å². The molecule has 1 aliphatic rings. The van der Waals surface area contributed by atoms with Gasteiger partial charge in [0.25, 0.3) is 0 Å². The molecule has 0 radical (unpaired) electrons. The summed E-state index contributed by atoms with van der Waals surface area (Å²) in [6.45, 7) is 11.6. The van der Waals surface area contributed by atoms with Crippen LogP contribution in [0.25, 0.3) is 0 Å². The second-order valence-electron chi connectivity index (χ2n) is 7.19. The number of amides is 1. The average molecular weight is 364 g/mol. The Labute approximate surface area is 137 Å². The molecule has 5 heteroatoms. The van der Waals surface area contributed by atoms with E-state index in [1.165, 1.54) is 19.3 Å². The number of carbonyl (C=O) groups excluding carboxylic acids is 1. The lowest BCUT2D eigenvalue weighted by atomic mass is 9.86. The number of hydrogen-bond donors (Lipinski definition) is 0. The second-order valence-corrected chi connectivity index (χ2v) is 7.75. The van der Waals surface area contributed by atoms with Crippen molar-refractivity contribution in [3.05, 3.63) is 0 Å². The van der Waals surface area contributed by atoms with E-state index in [9.17, 15) is 4.79 Å². The van der Waals surface area contributed by atoms with Gasteiger partial charge in [-0.2, -0.15) is 0 Å². The van der Waals surface area contributed by atoms with Crippen LogP contribution in [0, 0.1) is 5.92 Å². The van der Waals surface area contributed by atoms with Crippen LogP contribution in [0.2, 0.25) is 0 Å². The first-order chi connectivity index (χ1) is 9.69. The molecular weight excluding hydrogens is 334 g/mol. The number of halogens is 1. The fraction of sp³-hybridized carbons (Fsp3) is 0.938. The topological polar surface area (TPSA) is 38.8 Å². The predicted molar refractivity (Wildman–Crippen MR) is 89.0 cm³/mol. The molecule has 0 aromatic heterocycles. The smallest absolute Gasteiger partial charge is 0.410 e. The number of nitrogens with zero attached hydrogens (tertiary/aromatic N) is 1. The van der Waals surface area contributed by atoms with E-state index in [2.05, 4.69) is 15.9 Å². The summed E-state index contributed by atoms with van der Waals surface area (Å²) in [6.07, 6.45) is 3.58. The number of carbonyl (C=O) groups is 1. The molecule has 0 spiro atoms. The third kappa shape index (κ3) is 6.55. The molecule has 0 aromatic carbocycles. The summed E-state index contributed by atoms with van der Waals surface area (Å²) in [5.74, 6) is 0.694. The lowest BCUT2D eigenvalue weighted by Gasteiger charge is -2.37. The van der Waals surface area contributed by atoms with Crippen molar-refractivity contribution in [2.24, 2.45) is 5.92 Å². The number of hydrogen-bond acceptors (Lipinski definition) is 3. The quantitative estimate of drug-likeness (QED) is 0.635. The summed E-state index contributed by atoms with van der Waals surface area (Å²) in [5.41, 5.74) is -0.843. The first-order valence-electron chi connectivity index (χ1n) is 7.87. The van der Waals surface area contributed by atoms with Gasteiger partial charge < -0.3 is 14.4 Å². The Morgan fingerprint density at radius 3 is 2.29 bits per heavy atom. The van der Waals surface area contributed by atoms with Gasteiger partial charge in [-0.3, -0.25) is 0 Å². The molecule has 1 saturated carbocycles. The third-order valence-corrected chi connectivity index (χ3v) is 4.92. The van der Waals surface area contributed by atoms with Gasteiger partial charge in [0.2, 0.25) is 0 Å². The Morgan fingerprint density at radius 1 is 1.29 bits per heavy atom. The molecule has 0 aliphatic heterocycles. The SMILES string of the molecule is CCN(CC(C)(CBr)OCC1CCC1)C(=O)OC(C)(C)C. The van der Waals surface area contributed by atoms with Crippen LogP contribution in [0.15, 0.2) is 0 Å². The molecule has 1 rings (SSSR count). The van der Waals surface area contributed by atoms with E-state index in [-0.39, 0.29) is 11.7 Å². The monoisotopic (exact) mass is 363 g/mol. The standard InChI is InChI=1S/C16H30BrNO3/c1-6-18(14(19)21-15(2,3)4)12-16(5,11-17)20-10-13-8-7-9-13/h13H,6-12H2,1-5H3. The van der Waals surface area contributed by atoms with Crippen LogP contribution in [0.3, 0.4) is 0 Å². The highest BCUT2D eigenvalue weighted by molar-refractivity contribution is 9.09. The van der Waals surface area contributed by atoms with Gasteiger partial charge in [0.15, 0.2) is 0 Å². The molecule has 1 fully saturated rings. The molecule has 0 saturated heterocycles. The first kappa shape index (κ1) is 18.8. The number of alkyl halides is 1. The molecule has 124 valence electrons. The van der Waals surface area contributed by atoms with Crippen molar-refractivity contribution in [3.63, 3.8) is 0 Å². The van der Waals surface area contributed by atoms with E-state index in [1.54, 1.807) is 4.90 Å². The summed E-state index contributed by atoms with van der Waals surface area (Å²) in [7, 11) is 0. The minimum Gasteiger partial charge on any atom is -0.444 e. The number of rotatable bonds is 7. The largest absolute Gasteiger partial charge is 0.444 e. The molecule has 21 heavy (non-hydrogen) atoms. The lowest BCUT2D eigenvalue weighted by Crippen LogP contribution is -2.48. The molecule has 0 bridgehead atoms. The van der Waals surface area contributed by atoms with E-state index in [0.717, 1.165) is 6.61 Å². The van der Waals surface area contributed by atoms with Gasteiger partial charge in [-0.1, -0.05) is 22.4 Å². The Bertz CT molecular complexity index is 339. The van der Waals surface area contributed by atoms with Gasteiger partial charge in [0.05, 0.1) is 18.8 Å². The van der Waals surface area contributed by atoms with E-state index in [0.29, 0.717) is 24.3 Å². The number of likely N-dealkylation sites (N-methyl/N-ethyl adjacent to an activating group) is 1. The summed E-state index contributed by atoms with van der Waals surface area (Å²) < 4.78 is 11.6. The zero-order chi connectivity index (χ0) is 16.1. The lowest BCUT2D eigenvalue weighted by molar-refractivity contribution is -0.0632. The summed E-state index contributed by atoms with van der Waals surface area (Å²) >= 11 is 3.53. The highest BCUT2D eigenvalue weighted by atomic mass is 79.9. The van der Waals surface area contributed by atoms with Crippen molar-refractivity contribution in [2.75, 3.05) is 25.0 Å². The van der Waals surface area contributed by atoms with Gasteiger partial charge in [-0.05, 0) is 53.4 Å². The Balaban J connectivity index is 2.55. The van der Waals surface area contributed by atoms with Crippen molar-refractivity contribution in [1.29, 1.82) is 0 Å². The van der Waals surface area contributed by atoms with Gasteiger partial charge in [0.1, 0.15) is 5.60 Å². The van der Waals surface area contributed by atoms with Crippen LogP contribution >= 0.6 is 15.9 Å². The van der Waals surface area contributed by atoms with Crippen LogP contribution in [0.5, 0.6) is 0 Å². The van der Waals surface area contributed by atoms with Gasteiger partial charge in [-0.25, -0.2) is 4.79 Å². The third-order valence-electron chi connectivity index (χ3n) is 3.73. The van der Waals surface area contributed by atoms with E-state index < -0.39 is 5.60 Å². The highest BCUT2D eigenvalue weighted by Gasteiger charge is 2.32. The maximum absolute atomic E-state index is 12.2. The van der Waals surface area contributed by atoms with Crippen molar-refractivity contribution in [3.8, 4) is 0 Å². The molecular formula is C16H30BrNO3.